The van der Waals surface area contributed by atoms with Crippen LogP contribution in [0.5, 0.6) is 0 Å². The predicted octanol–water partition coefficient (Wildman–Crippen LogP) is 4.28. The van der Waals surface area contributed by atoms with Gasteiger partial charge in [-0.15, -0.1) is 0 Å². The van der Waals surface area contributed by atoms with E-state index in [1.54, 1.807) is 39.3 Å². The van der Waals surface area contributed by atoms with Crippen LogP contribution in [0.4, 0.5) is 10.3 Å². The van der Waals surface area contributed by atoms with Crippen molar-refractivity contribution in [2.24, 2.45) is 7.05 Å². The van der Waals surface area contributed by atoms with Crippen LogP contribution < -0.4 is 11.0 Å². The Labute approximate surface area is 198 Å². The van der Waals surface area contributed by atoms with E-state index in [4.69, 9.17) is 0 Å². The Balaban J connectivity index is 1.45. The first-order valence-electron chi connectivity index (χ1n) is 10.7. The maximum Gasteiger partial charge on any atom is 0.333 e. The summed E-state index contributed by atoms with van der Waals surface area (Å²) in [5.74, 6) is 0.786. The van der Waals surface area contributed by atoms with E-state index in [0.717, 1.165) is 24.2 Å². The normalized spacial score (nSPS) is 14.6. The molecule has 8 nitrogen and oxygen atoms in total. The molecule has 0 atom stereocenters. The largest absolute Gasteiger partial charge is 0.343 e. The van der Waals surface area contributed by atoms with Crippen molar-refractivity contribution in [2.45, 2.75) is 38.1 Å². The maximum atomic E-state index is 13.8. The number of aromatic nitrogens is 6. The Morgan fingerprint density at radius 1 is 1.18 bits per heavy atom. The SMILES string of the molecule is CC(C)c1cn(C)c(=O)n1-c1ccnc(NC2(c3cn(-c4cc(F)cc(Br)c4)cn3)CC2)n1. The van der Waals surface area contributed by atoms with Crippen LogP contribution in [0.15, 0.2) is 58.5 Å². The van der Waals surface area contributed by atoms with E-state index < -0.39 is 5.54 Å². The van der Waals surface area contributed by atoms with Crippen LogP contribution in [-0.4, -0.2) is 28.7 Å². The fraction of sp³-hybridized carbons (Fsp3) is 0.304. The van der Waals surface area contributed by atoms with Gasteiger partial charge in [0.2, 0.25) is 5.95 Å². The molecule has 170 valence electrons. The standard InChI is InChI=1S/C23H23BrFN7O/c1-14(2)18-11-30(3)22(33)32(18)20-4-7-26-21(28-20)29-23(5-6-23)19-12-31(13-27-19)17-9-15(24)8-16(25)10-17/h4,7-14H,5-6H2,1-3H3,(H,26,28,29). The van der Waals surface area contributed by atoms with Crippen molar-refractivity contribution >= 4 is 21.9 Å². The van der Waals surface area contributed by atoms with Gasteiger partial charge in [0.05, 0.1) is 23.2 Å². The molecule has 0 aliphatic heterocycles. The van der Waals surface area contributed by atoms with E-state index in [1.807, 2.05) is 32.3 Å². The Hall–Kier alpha value is -3.27. The molecule has 1 N–H and O–H groups in total. The van der Waals surface area contributed by atoms with Crippen molar-refractivity contribution in [3.63, 3.8) is 0 Å². The van der Waals surface area contributed by atoms with Crippen LogP contribution in [0.2, 0.25) is 0 Å². The van der Waals surface area contributed by atoms with Crippen LogP contribution in [0.3, 0.4) is 0 Å². The third kappa shape index (κ3) is 3.99. The quantitative estimate of drug-likeness (QED) is 0.417. The highest BCUT2D eigenvalue weighted by Crippen LogP contribution is 2.47. The lowest BCUT2D eigenvalue weighted by molar-refractivity contribution is 0.625. The Bertz CT molecular complexity index is 1380. The number of anilines is 1. The second-order valence-electron chi connectivity index (χ2n) is 8.68. The molecule has 3 aromatic heterocycles. The van der Waals surface area contributed by atoms with Gasteiger partial charge < -0.3 is 14.5 Å². The number of benzene rings is 1. The second-order valence-corrected chi connectivity index (χ2v) is 9.59. The summed E-state index contributed by atoms with van der Waals surface area (Å²) in [6.07, 6.45) is 8.78. The number of hydrogen-bond donors (Lipinski definition) is 1. The minimum absolute atomic E-state index is 0.149. The minimum Gasteiger partial charge on any atom is -0.343 e. The van der Waals surface area contributed by atoms with Crippen molar-refractivity contribution in [2.75, 3.05) is 5.32 Å². The fourth-order valence-corrected chi connectivity index (χ4v) is 4.39. The van der Waals surface area contributed by atoms with Gasteiger partial charge >= 0.3 is 5.69 Å². The van der Waals surface area contributed by atoms with Gasteiger partial charge in [-0.25, -0.2) is 23.7 Å². The average Bonchev–Trinajstić information content (AvgIpc) is 3.23. The van der Waals surface area contributed by atoms with Gasteiger partial charge in [-0.05, 0) is 37.0 Å². The highest BCUT2D eigenvalue weighted by molar-refractivity contribution is 9.10. The van der Waals surface area contributed by atoms with Crippen LogP contribution in [0.1, 0.15) is 44.0 Å². The predicted molar refractivity (Wildman–Crippen MR) is 126 cm³/mol. The topological polar surface area (TPSA) is 82.6 Å². The fourth-order valence-electron chi connectivity index (χ4n) is 3.93. The lowest BCUT2D eigenvalue weighted by Crippen LogP contribution is -2.25. The van der Waals surface area contributed by atoms with Gasteiger partial charge in [0.1, 0.15) is 11.6 Å². The molecular weight excluding hydrogens is 489 g/mol. The molecule has 10 heteroatoms. The van der Waals surface area contributed by atoms with Crippen molar-refractivity contribution < 1.29 is 4.39 Å². The van der Waals surface area contributed by atoms with Gasteiger partial charge in [0.25, 0.3) is 0 Å². The molecule has 1 saturated carbocycles. The van der Waals surface area contributed by atoms with E-state index in [-0.39, 0.29) is 17.4 Å². The zero-order valence-electron chi connectivity index (χ0n) is 18.5. The van der Waals surface area contributed by atoms with E-state index in [9.17, 15) is 9.18 Å². The van der Waals surface area contributed by atoms with E-state index in [1.165, 1.54) is 12.1 Å². The number of rotatable bonds is 6. The molecule has 1 aliphatic carbocycles. The molecule has 0 radical (unpaired) electrons. The molecule has 0 unspecified atom stereocenters. The second kappa shape index (κ2) is 7.95. The zero-order chi connectivity index (χ0) is 23.3. The highest BCUT2D eigenvalue weighted by atomic mass is 79.9. The average molecular weight is 512 g/mol. The van der Waals surface area contributed by atoms with E-state index in [2.05, 4.69) is 36.2 Å². The van der Waals surface area contributed by atoms with Crippen LogP contribution >= 0.6 is 15.9 Å². The Kier molecular flexibility index (Phi) is 5.19. The van der Waals surface area contributed by atoms with Gasteiger partial charge in [-0.3, -0.25) is 0 Å². The van der Waals surface area contributed by atoms with Crippen molar-refractivity contribution in [1.82, 2.24) is 28.7 Å². The van der Waals surface area contributed by atoms with Crippen LogP contribution in [0.25, 0.3) is 11.5 Å². The molecule has 0 amide bonds. The first kappa shape index (κ1) is 21.6. The van der Waals surface area contributed by atoms with Gasteiger partial charge in [-0.2, -0.15) is 4.98 Å². The number of nitrogens with zero attached hydrogens (tertiary/aromatic N) is 6. The minimum atomic E-state index is -0.392. The van der Waals surface area contributed by atoms with E-state index >= 15 is 0 Å². The number of nitrogens with one attached hydrogen (secondary N) is 1. The molecule has 5 rings (SSSR count). The molecule has 1 aliphatic rings. The lowest BCUT2D eigenvalue weighted by atomic mass is 10.1. The molecule has 33 heavy (non-hydrogen) atoms. The molecule has 1 aromatic carbocycles. The Morgan fingerprint density at radius 3 is 2.67 bits per heavy atom. The zero-order valence-corrected chi connectivity index (χ0v) is 20.0. The molecular formula is C23H23BrFN7O. The molecule has 1 fully saturated rings. The van der Waals surface area contributed by atoms with Gasteiger partial charge in [-0.1, -0.05) is 29.8 Å². The number of halogens is 2. The number of hydrogen-bond acceptors (Lipinski definition) is 5. The van der Waals surface area contributed by atoms with Gasteiger partial charge in [0, 0.05) is 41.9 Å². The Morgan fingerprint density at radius 2 is 1.97 bits per heavy atom. The summed E-state index contributed by atoms with van der Waals surface area (Å²) in [5.41, 5.74) is 1.85. The summed E-state index contributed by atoms with van der Waals surface area (Å²) in [7, 11) is 1.73. The first-order valence-corrected chi connectivity index (χ1v) is 11.5. The molecule has 0 spiro atoms. The highest BCUT2D eigenvalue weighted by Gasteiger charge is 2.47. The molecule has 3 heterocycles. The summed E-state index contributed by atoms with van der Waals surface area (Å²) in [6, 6.07) is 6.44. The van der Waals surface area contributed by atoms with Crippen molar-refractivity contribution in [3.8, 4) is 11.5 Å². The molecule has 0 saturated heterocycles. The van der Waals surface area contributed by atoms with Crippen LogP contribution in [0, 0.1) is 5.82 Å². The smallest absolute Gasteiger partial charge is 0.333 e. The summed E-state index contributed by atoms with van der Waals surface area (Å²) in [4.78, 5) is 26.3. The molecule has 4 aromatic rings. The van der Waals surface area contributed by atoms with Gasteiger partial charge in [0.15, 0.2) is 0 Å². The molecule has 0 bridgehead atoms. The monoisotopic (exact) mass is 511 g/mol. The number of imidazole rings is 2. The maximum absolute atomic E-state index is 13.8. The van der Waals surface area contributed by atoms with Crippen molar-refractivity contribution in [3.05, 3.63) is 81.3 Å². The van der Waals surface area contributed by atoms with Crippen molar-refractivity contribution in [1.29, 1.82) is 0 Å². The summed E-state index contributed by atoms with van der Waals surface area (Å²) >= 11 is 3.33. The lowest BCUT2D eigenvalue weighted by Gasteiger charge is -2.16. The van der Waals surface area contributed by atoms with Crippen LogP contribution in [-0.2, 0) is 12.6 Å². The number of aryl methyl sites for hydroxylation is 1. The summed E-state index contributed by atoms with van der Waals surface area (Å²) in [5, 5.41) is 3.41. The summed E-state index contributed by atoms with van der Waals surface area (Å²) < 4.78 is 19.5. The third-order valence-electron chi connectivity index (χ3n) is 5.86. The third-order valence-corrected chi connectivity index (χ3v) is 6.32. The van der Waals surface area contributed by atoms with E-state index in [0.29, 0.717) is 21.9 Å². The summed E-state index contributed by atoms with van der Waals surface area (Å²) in [6.45, 7) is 4.08. The first-order chi connectivity index (χ1) is 15.8.